The summed E-state index contributed by atoms with van der Waals surface area (Å²) in [6, 6.07) is 6.83. The van der Waals surface area contributed by atoms with Crippen LogP contribution in [0.25, 0.3) is 6.08 Å². The number of anilines is 1. The normalized spacial score (nSPS) is 10.7. The molecule has 0 aliphatic carbocycles. The van der Waals surface area contributed by atoms with Crippen LogP contribution in [-0.4, -0.2) is 22.1 Å². The SMILES string of the molecule is Cc1oncc1C(=O)Nc1cccc(C=CC(=O)O)c1. The topological polar surface area (TPSA) is 92.4 Å². The highest BCUT2D eigenvalue weighted by atomic mass is 16.5. The zero-order chi connectivity index (χ0) is 14.5. The van der Waals surface area contributed by atoms with Crippen molar-refractivity contribution in [3.8, 4) is 0 Å². The monoisotopic (exact) mass is 272 g/mol. The van der Waals surface area contributed by atoms with Crippen LogP contribution < -0.4 is 5.32 Å². The number of carboxylic acid groups (broad SMARTS) is 1. The average molecular weight is 272 g/mol. The Bertz CT molecular complexity index is 673. The van der Waals surface area contributed by atoms with Crippen molar-refractivity contribution in [1.82, 2.24) is 5.16 Å². The fourth-order valence-electron chi connectivity index (χ4n) is 1.60. The Morgan fingerprint density at radius 3 is 2.85 bits per heavy atom. The Kier molecular flexibility index (Phi) is 3.95. The molecule has 0 saturated carbocycles. The highest BCUT2D eigenvalue weighted by molar-refractivity contribution is 6.04. The van der Waals surface area contributed by atoms with E-state index in [-0.39, 0.29) is 5.91 Å². The van der Waals surface area contributed by atoms with Crippen LogP contribution in [0.3, 0.4) is 0 Å². The highest BCUT2D eigenvalue weighted by Gasteiger charge is 2.12. The molecule has 1 aromatic heterocycles. The van der Waals surface area contributed by atoms with E-state index < -0.39 is 5.97 Å². The van der Waals surface area contributed by atoms with Gasteiger partial charge in [0.05, 0.1) is 6.20 Å². The Hall–Kier alpha value is -2.89. The number of carbonyl (C=O) groups excluding carboxylic acids is 1. The van der Waals surface area contributed by atoms with E-state index in [9.17, 15) is 9.59 Å². The van der Waals surface area contributed by atoms with Crippen LogP contribution in [0.15, 0.2) is 41.1 Å². The molecule has 0 aliphatic heterocycles. The molecule has 0 bridgehead atoms. The molecule has 0 aliphatic rings. The van der Waals surface area contributed by atoms with E-state index in [1.54, 1.807) is 31.2 Å². The molecule has 0 spiro atoms. The number of nitrogens with one attached hydrogen (secondary N) is 1. The van der Waals surface area contributed by atoms with E-state index in [1.807, 2.05) is 0 Å². The number of aryl methyl sites for hydroxylation is 1. The Morgan fingerprint density at radius 1 is 1.40 bits per heavy atom. The number of benzene rings is 1. The summed E-state index contributed by atoms with van der Waals surface area (Å²) in [7, 11) is 0. The van der Waals surface area contributed by atoms with Gasteiger partial charge in [-0.2, -0.15) is 0 Å². The largest absolute Gasteiger partial charge is 0.478 e. The van der Waals surface area contributed by atoms with Gasteiger partial charge in [-0.05, 0) is 30.7 Å². The maximum absolute atomic E-state index is 12.0. The van der Waals surface area contributed by atoms with Crippen molar-refractivity contribution >= 4 is 23.6 Å². The molecule has 0 radical (unpaired) electrons. The number of hydrogen-bond donors (Lipinski definition) is 2. The molecule has 102 valence electrons. The van der Waals surface area contributed by atoms with Crippen LogP contribution in [0.5, 0.6) is 0 Å². The summed E-state index contributed by atoms with van der Waals surface area (Å²) in [6.45, 7) is 1.65. The lowest BCUT2D eigenvalue weighted by Gasteiger charge is -2.04. The van der Waals surface area contributed by atoms with Crippen molar-refractivity contribution in [2.45, 2.75) is 6.92 Å². The van der Waals surface area contributed by atoms with E-state index in [2.05, 4.69) is 10.5 Å². The summed E-state index contributed by atoms with van der Waals surface area (Å²) < 4.78 is 4.82. The van der Waals surface area contributed by atoms with Crippen molar-refractivity contribution < 1.29 is 19.2 Å². The minimum Gasteiger partial charge on any atom is -0.478 e. The Balaban J connectivity index is 2.14. The number of aromatic nitrogens is 1. The average Bonchev–Trinajstić information content (AvgIpc) is 2.83. The number of carboxylic acids is 1. The van der Waals surface area contributed by atoms with Crippen LogP contribution in [0.1, 0.15) is 21.7 Å². The van der Waals surface area contributed by atoms with Gasteiger partial charge in [0.2, 0.25) is 0 Å². The fraction of sp³-hybridized carbons (Fsp3) is 0.0714. The molecule has 0 saturated heterocycles. The van der Waals surface area contributed by atoms with Gasteiger partial charge in [0.15, 0.2) is 0 Å². The van der Waals surface area contributed by atoms with Gasteiger partial charge in [-0.1, -0.05) is 17.3 Å². The quantitative estimate of drug-likeness (QED) is 0.833. The second kappa shape index (κ2) is 5.83. The molecule has 6 nitrogen and oxygen atoms in total. The maximum Gasteiger partial charge on any atom is 0.328 e. The molecule has 2 aromatic rings. The minimum absolute atomic E-state index is 0.330. The first-order valence-electron chi connectivity index (χ1n) is 5.80. The third-order valence-corrected chi connectivity index (χ3v) is 2.56. The van der Waals surface area contributed by atoms with Crippen molar-refractivity contribution in [2.75, 3.05) is 5.32 Å². The van der Waals surface area contributed by atoms with Gasteiger partial charge in [0.1, 0.15) is 11.3 Å². The fourth-order valence-corrected chi connectivity index (χ4v) is 1.60. The maximum atomic E-state index is 12.0. The molecule has 20 heavy (non-hydrogen) atoms. The second-order valence-electron chi connectivity index (χ2n) is 4.05. The van der Waals surface area contributed by atoms with Crippen molar-refractivity contribution in [3.05, 3.63) is 53.4 Å². The lowest BCUT2D eigenvalue weighted by molar-refractivity contribution is -0.131. The molecule has 0 unspecified atom stereocenters. The summed E-state index contributed by atoms with van der Waals surface area (Å²) in [5.41, 5.74) is 1.59. The van der Waals surface area contributed by atoms with Crippen LogP contribution in [0, 0.1) is 6.92 Å². The summed E-state index contributed by atoms with van der Waals surface area (Å²) in [4.78, 5) is 22.4. The zero-order valence-electron chi connectivity index (χ0n) is 10.7. The van der Waals surface area contributed by atoms with Gasteiger partial charge in [0, 0.05) is 11.8 Å². The van der Waals surface area contributed by atoms with E-state index in [0.29, 0.717) is 22.6 Å². The molecule has 0 fully saturated rings. The number of hydrogen-bond acceptors (Lipinski definition) is 4. The molecule has 0 atom stereocenters. The van der Waals surface area contributed by atoms with Crippen molar-refractivity contribution in [1.29, 1.82) is 0 Å². The predicted molar refractivity (Wildman–Crippen MR) is 72.3 cm³/mol. The third kappa shape index (κ3) is 3.32. The lowest BCUT2D eigenvalue weighted by Crippen LogP contribution is -2.12. The van der Waals surface area contributed by atoms with E-state index >= 15 is 0 Å². The van der Waals surface area contributed by atoms with Gasteiger partial charge >= 0.3 is 5.97 Å². The van der Waals surface area contributed by atoms with Crippen LogP contribution in [0.4, 0.5) is 5.69 Å². The number of rotatable bonds is 4. The summed E-state index contributed by atoms with van der Waals surface area (Å²) in [6.07, 6.45) is 3.83. The van der Waals surface area contributed by atoms with Gasteiger partial charge in [-0.15, -0.1) is 0 Å². The van der Waals surface area contributed by atoms with Crippen molar-refractivity contribution in [2.24, 2.45) is 0 Å². The van der Waals surface area contributed by atoms with E-state index in [0.717, 1.165) is 6.08 Å². The molecule has 2 rings (SSSR count). The first-order chi connectivity index (χ1) is 9.56. The summed E-state index contributed by atoms with van der Waals surface area (Å²) in [5.74, 6) is -0.924. The second-order valence-corrected chi connectivity index (χ2v) is 4.05. The zero-order valence-corrected chi connectivity index (χ0v) is 10.7. The van der Waals surface area contributed by atoms with Gasteiger partial charge < -0.3 is 14.9 Å². The molecular weight excluding hydrogens is 260 g/mol. The smallest absolute Gasteiger partial charge is 0.328 e. The lowest BCUT2D eigenvalue weighted by atomic mass is 10.1. The van der Waals surface area contributed by atoms with Gasteiger partial charge in [-0.25, -0.2) is 4.79 Å². The number of carbonyl (C=O) groups is 2. The standard InChI is InChI=1S/C14H12N2O4/c1-9-12(8-15-20-9)14(19)16-11-4-2-3-10(7-11)5-6-13(17)18/h2-8H,1H3,(H,16,19)(H,17,18). The van der Waals surface area contributed by atoms with Crippen molar-refractivity contribution in [3.63, 3.8) is 0 Å². The van der Waals surface area contributed by atoms with Gasteiger partial charge in [-0.3, -0.25) is 4.79 Å². The number of nitrogens with zero attached hydrogens (tertiary/aromatic N) is 1. The summed E-state index contributed by atoms with van der Waals surface area (Å²) >= 11 is 0. The molecule has 1 heterocycles. The van der Waals surface area contributed by atoms with Crippen LogP contribution in [-0.2, 0) is 4.79 Å². The van der Waals surface area contributed by atoms with E-state index in [1.165, 1.54) is 12.3 Å². The van der Waals surface area contributed by atoms with Crippen LogP contribution >= 0.6 is 0 Å². The molecule has 2 N–H and O–H groups in total. The number of amides is 1. The minimum atomic E-state index is -1.03. The number of aliphatic carboxylic acids is 1. The first kappa shape index (κ1) is 13.5. The van der Waals surface area contributed by atoms with Crippen LogP contribution in [0.2, 0.25) is 0 Å². The molecular formula is C14H12N2O4. The molecule has 1 amide bonds. The first-order valence-corrected chi connectivity index (χ1v) is 5.80. The molecule has 1 aromatic carbocycles. The summed E-state index contributed by atoms with van der Waals surface area (Å²) in [5, 5.41) is 14.8. The Morgan fingerprint density at radius 2 is 2.20 bits per heavy atom. The third-order valence-electron chi connectivity index (χ3n) is 2.56. The predicted octanol–water partition coefficient (Wildman–Crippen LogP) is 2.33. The van der Waals surface area contributed by atoms with E-state index in [4.69, 9.17) is 9.63 Å². The van der Waals surface area contributed by atoms with Gasteiger partial charge in [0.25, 0.3) is 5.91 Å². The Labute approximate surface area is 114 Å². The highest BCUT2D eigenvalue weighted by Crippen LogP contribution is 2.14. The molecule has 6 heteroatoms.